The Morgan fingerprint density at radius 1 is 0.402 bits per heavy atom. The number of hydrogen-bond donors (Lipinski definition) is 1. The van der Waals surface area contributed by atoms with Gasteiger partial charge in [-0.3, -0.25) is 37.4 Å². The van der Waals surface area contributed by atoms with Crippen LogP contribution in [0.5, 0.6) is 11.1 Å². The molecule has 0 bridgehead atoms. The molecule has 0 spiro atoms. The van der Waals surface area contributed by atoms with E-state index in [0.717, 1.165) is 4.90 Å². The Hall–Kier alpha value is -12.0. The van der Waals surface area contributed by atoms with Crippen LogP contribution in [-0.4, -0.2) is 153 Å². The first-order chi connectivity index (χ1) is 56.7. The Balaban J connectivity index is 0.000000136. The number of anilines is 5. The minimum absolute atomic E-state index is 0.0285. The average molecular weight is 1640 g/mol. The number of ether oxygens (including phenoxy) is 6. The molecule has 4 aliphatic heterocycles. The van der Waals surface area contributed by atoms with Crippen LogP contribution in [0.2, 0.25) is 0 Å². The molecule has 0 saturated carbocycles. The van der Waals surface area contributed by atoms with Crippen LogP contribution in [-0.2, 0) is 44.5 Å². The van der Waals surface area contributed by atoms with Crippen molar-refractivity contribution in [3.8, 4) is 33.8 Å². The molecule has 16 rings (SSSR count). The molecule has 0 unspecified atom stereocenters. The lowest BCUT2D eigenvalue weighted by Crippen LogP contribution is -2.36. The van der Waals surface area contributed by atoms with Gasteiger partial charge in [0.1, 0.15) is 59.8 Å². The van der Waals surface area contributed by atoms with Crippen molar-refractivity contribution in [2.75, 3.05) is 130 Å². The highest BCUT2D eigenvalue weighted by Gasteiger charge is 2.24. The maximum atomic E-state index is 14.9. The summed E-state index contributed by atoms with van der Waals surface area (Å²) in [6.07, 6.45) is 3.25. The van der Waals surface area contributed by atoms with Crippen molar-refractivity contribution < 1.29 is 54.8 Å². The summed E-state index contributed by atoms with van der Waals surface area (Å²) >= 11 is 2.71. The third kappa shape index (κ3) is 21.8. The fourth-order valence-corrected chi connectivity index (χ4v) is 14.7. The van der Waals surface area contributed by atoms with Crippen molar-refractivity contribution in [2.24, 2.45) is 0 Å². The van der Waals surface area contributed by atoms with Gasteiger partial charge in [0.15, 0.2) is 11.6 Å². The van der Waals surface area contributed by atoms with Crippen molar-refractivity contribution in [3.63, 3.8) is 0 Å². The van der Waals surface area contributed by atoms with Gasteiger partial charge in [0.25, 0.3) is 27.4 Å². The SMILES string of the molecule is Cc1cc(=O)n(-c2ccc(N3CCOCC3)c(F)c2)c(CNc2cccc(F)c2)n1.Cc1cc(=O)n(-c2ccc(N3CCOCC3)c(F)c2)c(COc2ccccn2)n1.Cc1cc(=O)n(-c2ccc(N3CCOCC3)c(F)c2)c(COc2nccs2)n1.Cc1cc(=O)n(-c2ccc(N3CCOCC3)c(F)c2)c(CSc2cccc(F)c2)n1. The van der Waals surface area contributed by atoms with Crippen LogP contribution in [0.3, 0.4) is 0 Å². The number of rotatable bonds is 20. The van der Waals surface area contributed by atoms with Gasteiger partial charge >= 0.3 is 0 Å². The molecule has 10 heterocycles. The summed E-state index contributed by atoms with van der Waals surface area (Å²) in [5, 5.41) is 5.35. The maximum absolute atomic E-state index is 14.9. The number of nitrogens with zero attached hydrogens (tertiary/aromatic N) is 14. The minimum Gasteiger partial charge on any atom is -0.469 e. The lowest BCUT2D eigenvalue weighted by molar-refractivity contribution is 0.122. The van der Waals surface area contributed by atoms with Crippen LogP contribution >= 0.6 is 23.1 Å². The van der Waals surface area contributed by atoms with E-state index < -0.39 is 23.3 Å². The highest BCUT2D eigenvalue weighted by Crippen LogP contribution is 2.31. The summed E-state index contributed by atoms with van der Waals surface area (Å²) in [5.74, 6) is 0.124. The Kier molecular flexibility index (Phi) is 28.0. The van der Waals surface area contributed by atoms with Crippen molar-refractivity contribution in [3.05, 3.63) is 304 Å². The summed E-state index contributed by atoms with van der Waals surface area (Å²) in [4.78, 5) is 85.1. The van der Waals surface area contributed by atoms with Crippen molar-refractivity contribution in [2.45, 2.75) is 58.1 Å². The zero-order valence-electron chi connectivity index (χ0n) is 64.4. The molecule has 1 N–H and O–H groups in total. The van der Waals surface area contributed by atoms with E-state index in [2.05, 4.69) is 35.2 Å². The largest absolute Gasteiger partial charge is 0.469 e. The first-order valence-corrected chi connectivity index (χ1v) is 39.4. The topological polar surface area (TPSA) is 246 Å². The summed E-state index contributed by atoms with van der Waals surface area (Å²) in [7, 11) is 0. The van der Waals surface area contributed by atoms with Crippen LogP contribution in [0.1, 0.15) is 46.1 Å². The van der Waals surface area contributed by atoms with Gasteiger partial charge in [-0.2, -0.15) is 0 Å². The van der Waals surface area contributed by atoms with E-state index in [1.165, 1.54) is 114 Å². The second-order valence-corrected chi connectivity index (χ2v) is 28.9. The second kappa shape index (κ2) is 39.6. The van der Waals surface area contributed by atoms with Gasteiger partial charge in [0, 0.05) is 158 Å². The fourth-order valence-electron chi connectivity index (χ4n) is 13.4. The lowest BCUT2D eigenvalue weighted by Gasteiger charge is -2.29. The molecule has 33 heteroatoms. The van der Waals surface area contributed by atoms with Crippen LogP contribution in [0.25, 0.3) is 22.7 Å². The van der Waals surface area contributed by atoms with Gasteiger partial charge in [0.05, 0.1) is 111 Å². The molecule has 608 valence electrons. The number of aromatic nitrogens is 10. The molecule has 4 saturated heterocycles. The van der Waals surface area contributed by atoms with Crippen LogP contribution in [0.4, 0.5) is 54.8 Å². The molecular formula is C84H83F6N15O10S2. The minimum atomic E-state index is -0.411. The molecule has 4 aliphatic rings. The van der Waals surface area contributed by atoms with Crippen LogP contribution in [0.15, 0.2) is 206 Å². The van der Waals surface area contributed by atoms with Gasteiger partial charge in [-0.05, 0) is 119 Å². The van der Waals surface area contributed by atoms with Crippen LogP contribution in [0, 0.1) is 62.6 Å². The number of aryl methyl sites for hydroxylation is 4. The van der Waals surface area contributed by atoms with Crippen molar-refractivity contribution >= 4 is 51.5 Å². The smallest absolute Gasteiger partial charge is 0.273 e. The lowest BCUT2D eigenvalue weighted by atomic mass is 10.2. The van der Waals surface area contributed by atoms with E-state index in [1.54, 1.807) is 136 Å². The molecule has 0 atom stereocenters. The quantitative estimate of drug-likeness (QED) is 0.0550. The van der Waals surface area contributed by atoms with Crippen molar-refractivity contribution in [1.82, 2.24) is 48.2 Å². The molecule has 12 aromatic rings. The van der Waals surface area contributed by atoms with E-state index >= 15 is 0 Å². The van der Waals surface area contributed by atoms with E-state index in [0.29, 0.717) is 219 Å². The second-order valence-electron chi connectivity index (χ2n) is 27.0. The molecular weight excluding hydrogens is 1560 g/mol. The highest BCUT2D eigenvalue weighted by molar-refractivity contribution is 7.98. The fraction of sp³-hybridized carbons (Fsp3) is 0.286. The van der Waals surface area contributed by atoms with Gasteiger partial charge < -0.3 is 53.3 Å². The Bertz CT molecular complexity index is 5490. The predicted octanol–water partition coefficient (Wildman–Crippen LogP) is 12.3. The molecule has 6 aromatic heterocycles. The van der Waals surface area contributed by atoms with E-state index in [1.807, 2.05) is 19.6 Å². The third-order valence-electron chi connectivity index (χ3n) is 18.8. The van der Waals surface area contributed by atoms with Gasteiger partial charge in [0.2, 0.25) is 5.88 Å². The molecule has 4 fully saturated rings. The maximum Gasteiger partial charge on any atom is 0.273 e. The molecule has 117 heavy (non-hydrogen) atoms. The summed E-state index contributed by atoms with van der Waals surface area (Å²) < 4.78 is 124. The normalized spacial score (nSPS) is 14.1. The zero-order valence-corrected chi connectivity index (χ0v) is 66.0. The number of benzene rings is 6. The Labute approximate surface area is 677 Å². The Morgan fingerprint density at radius 2 is 0.786 bits per heavy atom. The van der Waals surface area contributed by atoms with E-state index in [-0.39, 0.29) is 53.6 Å². The first-order valence-electron chi connectivity index (χ1n) is 37.6. The summed E-state index contributed by atoms with van der Waals surface area (Å²) in [5.41, 5.74) is 5.24. The molecule has 0 radical (unpaired) electrons. The molecule has 0 aliphatic carbocycles. The highest BCUT2D eigenvalue weighted by atomic mass is 32.2. The first kappa shape index (κ1) is 83.0. The zero-order chi connectivity index (χ0) is 81.9. The van der Waals surface area contributed by atoms with Crippen LogP contribution < -0.4 is 56.6 Å². The third-order valence-corrected chi connectivity index (χ3v) is 20.5. The average Bonchev–Trinajstić information content (AvgIpc) is 1.16. The number of thioether (sulfide) groups is 1. The van der Waals surface area contributed by atoms with Gasteiger partial charge in [-0.15, -0.1) is 11.8 Å². The number of thiazole rings is 1. The number of halogens is 6. The standard InChI is InChI=1S/C22H22F2N4O2.C22H21F2N3O2S.C21H21FN4O3.C19H19FN4O3S/c1-15-11-22(29)28(21(26-15)14-25-17-4-2-3-16(23)12-17)18-5-6-20(19(24)13-18)27-7-9-30-10-8-27;1-15-11-22(28)27(21(25-15)14-30-18-4-2-3-16(23)12-18)17-5-6-20(19(24)13-17)26-7-9-29-10-8-26;1-15-12-21(27)26(19(24-15)14-29-20-4-2-3-7-23-20)16-5-6-18(17(22)13-16)25-8-10-28-11-9-25;1-13-10-18(25)24(17(22-13)12-27-19-21-4-9-28-19)14-2-3-16(15(20)11-14)23-5-7-26-8-6-23/h2-6,11-13,25H,7-10,14H2,1H3;2-6,11-13H,7-10,14H2,1H3;2-7,12-13H,8-11,14H2,1H3;2-4,9-11H,5-8,12H2,1H3. The Morgan fingerprint density at radius 3 is 1.17 bits per heavy atom. The van der Waals surface area contributed by atoms with Gasteiger partial charge in [-0.25, -0.2) is 56.2 Å². The van der Waals surface area contributed by atoms with Crippen molar-refractivity contribution in [1.29, 1.82) is 0 Å². The number of pyridine rings is 1. The monoisotopic (exact) mass is 1640 g/mol. The predicted molar refractivity (Wildman–Crippen MR) is 435 cm³/mol. The summed E-state index contributed by atoms with van der Waals surface area (Å²) in [6, 6.07) is 42.2. The van der Waals surface area contributed by atoms with E-state index in [9.17, 15) is 45.5 Å². The summed E-state index contributed by atoms with van der Waals surface area (Å²) in [6.45, 7) is 16.7. The molecule has 6 aromatic carbocycles. The van der Waals surface area contributed by atoms with Gasteiger partial charge in [-0.1, -0.05) is 29.5 Å². The molecule has 25 nitrogen and oxygen atoms in total. The number of nitrogens with one attached hydrogen (secondary N) is 1. The number of hydrogen-bond acceptors (Lipinski definition) is 23. The number of morpholine rings is 4. The van der Waals surface area contributed by atoms with E-state index in [4.69, 9.17) is 28.4 Å². The molecule has 0 amide bonds.